The molecule has 0 unspecified atom stereocenters. The van der Waals surface area contributed by atoms with Crippen LogP contribution in [0.1, 0.15) is 18.4 Å². The van der Waals surface area contributed by atoms with Gasteiger partial charge in [0.25, 0.3) is 15.9 Å². The highest BCUT2D eigenvalue weighted by Crippen LogP contribution is 2.20. The van der Waals surface area contributed by atoms with Crippen molar-refractivity contribution in [3.8, 4) is 6.07 Å². The molecule has 2 aromatic carbocycles. The number of sulfonamides is 2. The molecule has 2 aromatic rings. The molecule has 0 fully saturated rings. The third-order valence-electron chi connectivity index (χ3n) is 3.87. The molecule has 0 spiro atoms. The van der Waals surface area contributed by atoms with Gasteiger partial charge in [-0.05, 0) is 42.8 Å². The molecule has 3 N–H and O–H groups in total. The van der Waals surface area contributed by atoms with E-state index in [1.54, 1.807) is 0 Å². The average molecular weight is 405 g/mol. The number of nitrogens with one attached hydrogen (secondary N) is 3. The Kier molecular flexibility index (Phi) is 5.16. The molecule has 1 heterocycles. The third kappa shape index (κ3) is 4.45. The van der Waals surface area contributed by atoms with Gasteiger partial charge in [0.2, 0.25) is 0 Å². The Morgan fingerprint density at radius 2 is 1.59 bits per heavy atom. The molecule has 1 aliphatic heterocycles. The molecular weight excluding hydrogens is 388 g/mol. The van der Waals surface area contributed by atoms with E-state index < -0.39 is 20.0 Å². The lowest BCUT2D eigenvalue weighted by Crippen LogP contribution is -2.72. The molecule has 0 radical (unpaired) electrons. The Bertz CT molecular complexity index is 1150. The molecule has 8 nitrogen and oxygen atoms in total. The predicted octanol–water partition coefficient (Wildman–Crippen LogP) is -0.0897. The zero-order valence-electron chi connectivity index (χ0n) is 14.1. The number of hydrogen-bond donors (Lipinski definition) is 3. The first-order valence-corrected chi connectivity index (χ1v) is 11.0. The van der Waals surface area contributed by atoms with Crippen LogP contribution in [0, 0.1) is 11.3 Å². The maximum Gasteiger partial charge on any atom is 0.328 e. The molecule has 1 aliphatic rings. The van der Waals surface area contributed by atoms with E-state index in [0.29, 0.717) is 18.8 Å². The number of hydrogen-bond acceptors (Lipinski definition) is 5. The molecule has 27 heavy (non-hydrogen) atoms. The summed E-state index contributed by atoms with van der Waals surface area (Å²) in [5.74, 6) is 0.523. The van der Waals surface area contributed by atoms with Gasteiger partial charge < -0.3 is 0 Å². The van der Waals surface area contributed by atoms with E-state index in [-0.39, 0.29) is 21.0 Å². The van der Waals surface area contributed by atoms with E-state index in [0.717, 1.165) is 6.42 Å². The largest absolute Gasteiger partial charge is 0.328 e. The van der Waals surface area contributed by atoms with Gasteiger partial charge >= 0.3 is 10.0 Å². The summed E-state index contributed by atoms with van der Waals surface area (Å²) < 4.78 is 54.8. The Balaban J connectivity index is 1.86. The second-order valence-electron chi connectivity index (χ2n) is 5.89. The molecule has 0 aliphatic carbocycles. The Morgan fingerprint density at radius 3 is 2.26 bits per heavy atom. The van der Waals surface area contributed by atoms with Crippen molar-refractivity contribution in [2.45, 2.75) is 22.6 Å². The van der Waals surface area contributed by atoms with Crippen molar-refractivity contribution in [2.75, 3.05) is 11.3 Å². The van der Waals surface area contributed by atoms with Gasteiger partial charge in [-0.25, -0.2) is 8.42 Å². The molecule has 0 saturated carbocycles. The molecule has 10 heteroatoms. The first-order chi connectivity index (χ1) is 12.8. The van der Waals surface area contributed by atoms with E-state index in [9.17, 15) is 16.8 Å². The predicted molar refractivity (Wildman–Crippen MR) is 98.8 cm³/mol. The normalized spacial score (nSPS) is 14.3. The molecular formula is C17H17N4O4S2+. The summed E-state index contributed by atoms with van der Waals surface area (Å²) >= 11 is 0. The van der Waals surface area contributed by atoms with Crippen molar-refractivity contribution >= 4 is 31.6 Å². The smallest absolute Gasteiger partial charge is 0.280 e. The monoisotopic (exact) mass is 405 g/mol. The van der Waals surface area contributed by atoms with Crippen molar-refractivity contribution in [2.24, 2.45) is 0 Å². The quantitative estimate of drug-likeness (QED) is 0.640. The van der Waals surface area contributed by atoms with Crippen LogP contribution in [-0.4, -0.2) is 29.2 Å². The van der Waals surface area contributed by atoms with Gasteiger partial charge in [0.1, 0.15) is 4.90 Å². The lowest BCUT2D eigenvalue weighted by Gasteiger charge is -2.09. The molecule has 0 aromatic heterocycles. The first-order valence-electron chi connectivity index (χ1n) is 8.06. The van der Waals surface area contributed by atoms with Crippen LogP contribution >= 0.6 is 0 Å². The summed E-state index contributed by atoms with van der Waals surface area (Å²) in [4.78, 5) is 2.81. The van der Waals surface area contributed by atoms with E-state index in [1.165, 1.54) is 48.5 Å². The lowest BCUT2D eigenvalue weighted by molar-refractivity contribution is -0.448. The van der Waals surface area contributed by atoms with Crippen LogP contribution in [0.5, 0.6) is 0 Å². The summed E-state index contributed by atoms with van der Waals surface area (Å²) in [6.45, 7) is 0.708. The Labute approximate surface area is 157 Å². The summed E-state index contributed by atoms with van der Waals surface area (Å²) in [5, 5.41) is 8.91. The van der Waals surface area contributed by atoms with Gasteiger partial charge in [-0.2, -0.15) is 18.4 Å². The zero-order chi connectivity index (χ0) is 19.5. The van der Waals surface area contributed by atoms with Gasteiger partial charge in [-0.1, -0.05) is 12.1 Å². The van der Waals surface area contributed by atoms with Gasteiger partial charge in [-0.3, -0.25) is 9.71 Å². The SMILES string of the molecule is N#Cc1cccc(S(=O)(=O)Nc2cccc(S(=O)(=O)NC3=[NH+]CCC3)c2)c1. The second-order valence-corrected chi connectivity index (χ2v) is 9.25. The van der Waals surface area contributed by atoms with E-state index in [4.69, 9.17) is 5.26 Å². The van der Waals surface area contributed by atoms with Gasteiger partial charge in [0.05, 0.1) is 35.2 Å². The van der Waals surface area contributed by atoms with Gasteiger partial charge in [0.15, 0.2) is 0 Å². The van der Waals surface area contributed by atoms with Crippen molar-refractivity contribution in [3.05, 3.63) is 54.1 Å². The number of nitriles is 1. The molecule has 0 bridgehead atoms. The molecule has 0 saturated heterocycles. The highest BCUT2D eigenvalue weighted by molar-refractivity contribution is 7.92. The topological polar surface area (TPSA) is 130 Å². The second kappa shape index (κ2) is 7.38. The maximum absolute atomic E-state index is 12.5. The van der Waals surface area contributed by atoms with Gasteiger partial charge in [-0.15, -0.1) is 0 Å². The van der Waals surface area contributed by atoms with Crippen LogP contribution in [0.15, 0.2) is 58.3 Å². The van der Waals surface area contributed by atoms with Crippen LogP contribution in [0.3, 0.4) is 0 Å². The Morgan fingerprint density at radius 1 is 0.926 bits per heavy atom. The number of anilines is 1. The van der Waals surface area contributed by atoms with Crippen molar-refractivity contribution in [1.29, 1.82) is 5.26 Å². The minimum Gasteiger partial charge on any atom is -0.280 e. The van der Waals surface area contributed by atoms with Crippen LogP contribution < -0.4 is 14.4 Å². The number of amidine groups is 1. The molecule has 140 valence electrons. The molecule has 0 atom stereocenters. The van der Waals surface area contributed by atoms with Crippen molar-refractivity contribution < 1.29 is 21.8 Å². The highest BCUT2D eigenvalue weighted by atomic mass is 32.2. The summed E-state index contributed by atoms with van der Waals surface area (Å²) in [6, 6.07) is 13.0. The van der Waals surface area contributed by atoms with Crippen LogP contribution in [-0.2, 0) is 20.0 Å². The summed E-state index contributed by atoms with van der Waals surface area (Å²) in [5.41, 5.74) is 0.309. The maximum atomic E-state index is 12.5. The number of nitrogens with zero attached hydrogens (tertiary/aromatic N) is 1. The molecule has 3 rings (SSSR count). The van der Waals surface area contributed by atoms with Gasteiger partial charge in [0, 0.05) is 0 Å². The fraction of sp³-hybridized carbons (Fsp3) is 0.176. The van der Waals surface area contributed by atoms with E-state index in [2.05, 4.69) is 14.4 Å². The van der Waals surface area contributed by atoms with Crippen LogP contribution in [0.25, 0.3) is 0 Å². The third-order valence-corrected chi connectivity index (χ3v) is 6.64. The summed E-state index contributed by atoms with van der Waals surface area (Å²) in [7, 11) is -7.79. The minimum atomic E-state index is -3.96. The van der Waals surface area contributed by atoms with Crippen molar-refractivity contribution in [3.63, 3.8) is 0 Å². The van der Waals surface area contributed by atoms with Crippen molar-refractivity contribution in [1.82, 2.24) is 4.72 Å². The number of benzene rings is 2. The number of rotatable bonds is 5. The first kappa shape index (κ1) is 18.9. The zero-order valence-corrected chi connectivity index (χ0v) is 15.8. The van der Waals surface area contributed by atoms with Crippen LogP contribution in [0.4, 0.5) is 5.69 Å². The van der Waals surface area contributed by atoms with Crippen LogP contribution in [0.2, 0.25) is 0 Å². The molecule has 0 amide bonds. The summed E-state index contributed by atoms with van der Waals surface area (Å²) in [6.07, 6.45) is 1.46. The van der Waals surface area contributed by atoms with E-state index >= 15 is 0 Å². The lowest BCUT2D eigenvalue weighted by atomic mass is 10.2. The standard InChI is InChI=1S/C17H16N4O4S2/c18-12-13-4-1-6-15(10-13)26(22,23)20-14-5-2-7-16(11-14)27(24,25)21-17-8-3-9-19-17/h1-2,4-7,10-11,20H,3,8-9H2,(H,19,21)/p+1. The minimum absolute atomic E-state index is 0.0605. The fourth-order valence-corrected chi connectivity index (χ4v) is 4.83. The Hall–Kier alpha value is -2.90. The fourth-order valence-electron chi connectivity index (χ4n) is 2.57. The van der Waals surface area contributed by atoms with E-state index in [1.807, 2.05) is 6.07 Å². The average Bonchev–Trinajstić information content (AvgIpc) is 3.14. The highest BCUT2D eigenvalue weighted by Gasteiger charge is 2.25.